The smallest absolute Gasteiger partial charge is 0.318 e. The van der Waals surface area contributed by atoms with E-state index in [4.69, 9.17) is 18.9 Å². The van der Waals surface area contributed by atoms with E-state index in [0.717, 1.165) is 16.9 Å². The Morgan fingerprint density at radius 1 is 1.00 bits per heavy atom. The van der Waals surface area contributed by atoms with Crippen LogP contribution in [-0.2, 0) is 11.3 Å². The highest BCUT2D eigenvalue weighted by molar-refractivity contribution is 5.97. The molecule has 4 heterocycles. The maximum Gasteiger partial charge on any atom is 0.318 e. The molecule has 3 amide bonds. The fraction of sp³-hybridized carbons (Fsp3) is 0.357. The first-order valence-electron chi connectivity index (χ1n) is 12.7. The van der Waals surface area contributed by atoms with Gasteiger partial charge in [-0.1, -0.05) is 0 Å². The second-order valence-corrected chi connectivity index (χ2v) is 9.51. The van der Waals surface area contributed by atoms with Crippen molar-refractivity contribution in [1.82, 2.24) is 14.8 Å². The predicted molar refractivity (Wildman–Crippen MR) is 139 cm³/mol. The van der Waals surface area contributed by atoms with Crippen LogP contribution in [0.3, 0.4) is 0 Å². The van der Waals surface area contributed by atoms with E-state index in [9.17, 15) is 9.59 Å². The SMILES string of the molecule is COc1ccc(OC)c(C2c3cccn3CCN2C(=O)NC2CC(=O)N(c3ccc4c(c3)OCCO4)C2)c1. The Bertz CT molecular complexity index is 1370. The average Bonchev–Trinajstić information content (AvgIpc) is 3.58. The molecule has 2 atom stereocenters. The molecular weight excluding hydrogens is 488 g/mol. The Morgan fingerprint density at radius 3 is 2.66 bits per heavy atom. The summed E-state index contributed by atoms with van der Waals surface area (Å²) in [6.07, 6.45) is 2.24. The van der Waals surface area contributed by atoms with Crippen LogP contribution in [-0.4, -0.2) is 68.0 Å². The summed E-state index contributed by atoms with van der Waals surface area (Å²) < 4.78 is 24.6. The lowest BCUT2D eigenvalue weighted by molar-refractivity contribution is -0.117. The second kappa shape index (κ2) is 9.85. The molecular formula is C28H30N4O6. The number of ether oxygens (including phenoxy) is 4. The zero-order valence-electron chi connectivity index (χ0n) is 21.4. The van der Waals surface area contributed by atoms with Gasteiger partial charge in [0.2, 0.25) is 5.91 Å². The third kappa shape index (κ3) is 4.25. The molecule has 38 heavy (non-hydrogen) atoms. The van der Waals surface area contributed by atoms with Crippen LogP contribution in [0.15, 0.2) is 54.7 Å². The van der Waals surface area contributed by atoms with Gasteiger partial charge in [0.15, 0.2) is 11.5 Å². The quantitative estimate of drug-likeness (QED) is 0.558. The number of hydrogen-bond acceptors (Lipinski definition) is 6. The molecule has 1 fully saturated rings. The molecule has 1 saturated heterocycles. The van der Waals surface area contributed by atoms with E-state index >= 15 is 0 Å². The Morgan fingerprint density at radius 2 is 1.84 bits per heavy atom. The lowest BCUT2D eigenvalue weighted by atomic mass is 9.98. The first-order valence-corrected chi connectivity index (χ1v) is 12.7. The highest BCUT2D eigenvalue weighted by atomic mass is 16.6. The summed E-state index contributed by atoms with van der Waals surface area (Å²) in [7, 11) is 3.23. The van der Waals surface area contributed by atoms with Gasteiger partial charge in [-0.3, -0.25) is 4.79 Å². The number of rotatable bonds is 5. The monoisotopic (exact) mass is 518 g/mol. The predicted octanol–water partition coefficient (Wildman–Crippen LogP) is 3.20. The number of nitrogens with one attached hydrogen (secondary N) is 1. The fourth-order valence-electron chi connectivity index (χ4n) is 5.49. The Balaban J connectivity index is 1.24. The van der Waals surface area contributed by atoms with Crippen LogP contribution in [0.4, 0.5) is 10.5 Å². The molecule has 198 valence electrons. The van der Waals surface area contributed by atoms with E-state index in [0.29, 0.717) is 55.8 Å². The van der Waals surface area contributed by atoms with Gasteiger partial charge < -0.3 is 38.6 Å². The van der Waals surface area contributed by atoms with E-state index in [1.54, 1.807) is 19.1 Å². The largest absolute Gasteiger partial charge is 0.497 e. The molecule has 1 N–H and O–H groups in total. The van der Waals surface area contributed by atoms with Crippen molar-refractivity contribution in [2.45, 2.75) is 25.0 Å². The van der Waals surface area contributed by atoms with Crippen molar-refractivity contribution < 1.29 is 28.5 Å². The molecule has 3 aliphatic rings. The molecule has 0 saturated carbocycles. The lowest BCUT2D eigenvalue weighted by Gasteiger charge is -2.38. The number of fused-ring (bicyclic) bond motifs is 2. The van der Waals surface area contributed by atoms with E-state index < -0.39 is 0 Å². The molecule has 10 heteroatoms. The highest BCUT2D eigenvalue weighted by Gasteiger charge is 2.38. The molecule has 1 aromatic heterocycles. The van der Waals surface area contributed by atoms with Crippen molar-refractivity contribution in [2.75, 3.05) is 45.4 Å². The van der Waals surface area contributed by atoms with Crippen LogP contribution in [0.5, 0.6) is 23.0 Å². The summed E-state index contributed by atoms with van der Waals surface area (Å²) in [6.45, 7) is 2.53. The van der Waals surface area contributed by atoms with Crippen LogP contribution in [0.1, 0.15) is 23.7 Å². The molecule has 10 nitrogen and oxygen atoms in total. The van der Waals surface area contributed by atoms with Crippen LogP contribution in [0.25, 0.3) is 0 Å². The third-order valence-electron chi connectivity index (χ3n) is 7.32. The number of anilines is 1. The normalized spacial score (nSPS) is 20.2. The highest BCUT2D eigenvalue weighted by Crippen LogP contribution is 2.39. The van der Waals surface area contributed by atoms with Gasteiger partial charge in [-0.2, -0.15) is 0 Å². The summed E-state index contributed by atoms with van der Waals surface area (Å²) in [4.78, 5) is 30.2. The molecule has 3 aromatic rings. The van der Waals surface area contributed by atoms with Crippen molar-refractivity contribution in [3.8, 4) is 23.0 Å². The number of benzene rings is 2. The van der Waals surface area contributed by atoms with E-state index in [1.165, 1.54) is 0 Å². The summed E-state index contributed by atoms with van der Waals surface area (Å²) in [6, 6.07) is 14.2. The minimum atomic E-state index is -0.380. The molecule has 0 bridgehead atoms. The van der Waals surface area contributed by atoms with E-state index in [-0.39, 0.29) is 30.4 Å². The van der Waals surface area contributed by atoms with Crippen molar-refractivity contribution in [2.24, 2.45) is 0 Å². The molecule has 3 aliphatic heterocycles. The summed E-state index contributed by atoms with van der Waals surface area (Å²) in [5.41, 5.74) is 2.55. The minimum Gasteiger partial charge on any atom is -0.497 e. The summed E-state index contributed by atoms with van der Waals surface area (Å²) in [5, 5.41) is 3.12. The van der Waals surface area contributed by atoms with Gasteiger partial charge >= 0.3 is 6.03 Å². The number of carbonyl (C=O) groups is 2. The van der Waals surface area contributed by atoms with Gasteiger partial charge in [-0.05, 0) is 42.5 Å². The van der Waals surface area contributed by atoms with Crippen molar-refractivity contribution in [3.63, 3.8) is 0 Å². The molecule has 0 aliphatic carbocycles. The number of carbonyl (C=O) groups excluding carboxylic acids is 2. The van der Waals surface area contributed by atoms with Gasteiger partial charge in [0.05, 0.1) is 20.3 Å². The van der Waals surface area contributed by atoms with Crippen LogP contribution in [0.2, 0.25) is 0 Å². The van der Waals surface area contributed by atoms with E-state index in [2.05, 4.69) is 9.88 Å². The van der Waals surface area contributed by atoms with Crippen LogP contribution < -0.4 is 29.2 Å². The zero-order chi connectivity index (χ0) is 26.2. The topological polar surface area (TPSA) is 94.5 Å². The second-order valence-electron chi connectivity index (χ2n) is 9.51. The zero-order valence-corrected chi connectivity index (χ0v) is 21.4. The third-order valence-corrected chi connectivity index (χ3v) is 7.32. The Labute approximate surface area is 220 Å². The van der Waals surface area contributed by atoms with Gasteiger partial charge in [-0.25, -0.2) is 4.79 Å². The molecule has 2 unspecified atom stereocenters. The number of urea groups is 1. The number of hydrogen-bond donors (Lipinski definition) is 1. The summed E-state index contributed by atoms with van der Waals surface area (Å²) in [5.74, 6) is 2.60. The number of amides is 3. The molecule has 6 rings (SSSR count). The molecule has 2 aromatic carbocycles. The number of aromatic nitrogens is 1. The molecule has 0 radical (unpaired) electrons. The van der Waals surface area contributed by atoms with E-state index in [1.807, 2.05) is 59.6 Å². The first kappa shape index (κ1) is 24.0. The maximum atomic E-state index is 13.7. The summed E-state index contributed by atoms with van der Waals surface area (Å²) >= 11 is 0. The van der Waals surface area contributed by atoms with Crippen molar-refractivity contribution in [3.05, 3.63) is 66.0 Å². The lowest BCUT2D eigenvalue weighted by Crippen LogP contribution is -2.50. The fourth-order valence-corrected chi connectivity index (χ4v) is 5.49. The average molecular weight is 519 g/mol. The van der Waals surface area contributed by atoms with Gasteiger partial charge in [0, 0.05) is 55.3 Å². The van der Waals surface area contributed by atoms with Crippen LogP contribution >= 0.6 is 0 Å². The van der Waals surface area contributed by atoms with Gasteiger partial charge in [0.1, 0.15) is 30.8 Å². The first-order chi connectivity index (χ1) is 18.6. The maximum absolute atomic E-state index is 13.7. The number of methoxy groups -OCH3 is 2. The molecule has 0 spiro atoms. The Hall–Kier alpha value is -4.34. The Kier molecular flexibility index (Phi) is 6.22. The van der Waals surface area contributed by atoms with Gasteiger partial charge in [0.25, 0.3) is 0 Å². The van der Waals surface area contributed by atoms with Crippen molar-refractivity contribution >= 4 is 17.6 Å². The minimum absolute atomic E-state index is 0.0505. The van der Waals surface area contributed by atoms with Gasteiger partial charge in [-0.15, -0.1) is 0 Å². The number of nitrogens with zero attached hydrogens (tertiary/aromatic N) is 3. The van der Waals surface area contributed by atoms with Crippen LogP contribution in [0, 0.1) is 0 Å². The van der Waals surface area contributed by atoms with Crippen molar-refractivity contribution in [1.29, 1.82) is 0 Å². The standard InChI is InChI=1S/C28H30N4O6/c1-35-20-6-8-23(36-2)21(16-20)27-22-4-3-9-30(22)10-11-31(27)28(34)29-18-14-26(33)32(17-18)19-5-7-24-25(15-19)38-13-12-37-24/h3-9,15-16,18,27H,10-14,17H2,1-2H3,(H,29,34).